The van der Waals surface area contributed by atoms with E-state index < -0.39 is 0 Å². The van der Waals surface area contributed by atoms with E-state index in [0.29, 0.717) is 43.0 Å². The first-order valence-electron chi connectivity index (χ1n) is 6.59. The first-order valence-corrected chi connectivity index (χ1v) is 7.57. The van der Waals surface area contributed by atoms with Gasteiger partial charge in [0.05, 0.1) is 19.0 Å². The second-order valence-electron chi connectivity index (χ2n) is 5.71. The van der Waals surface area contributed by atoms with E-state index in [1.807, 2.05) is 20.8 Å². The Labute approximate surface area is 122 Å². The monoisotopic (exact) mass is 299 g/mol. The number of amides is 1. The third-order valence-corrected chi connectivity index (χ3v) is 3.95. The lowest BCUT2D eigenvalue weighted by Crippen LogP contribution is -2.41. The van der Waals surface area contributed by atoms with Crippen LogP contribution in [-0.4, -0.2) is 57.7 Å². The molecule has 1 saturated heterocycles. The van der Waals surface area contributed by atoms with Crippen LogP contribution in [0.2, 0.25) is 0 Å². The van der Waals surface area contributed by atoms with E-state index in [-0.39, 0.29) is 11.3 Å². The van der Waals surface area contributed by atoms with E-state index in [1.165, 1.54) is 16.4 Å². The van der Waals surface area contributed by atoms with Crippen LogP contribution in [0.15, 0.2) is 5.16 Å². The number of aromatic nitrogens is 3. The van der Waals surface area contributed by atoms with Crippen LogP contribution in [0.5, 0.6) is 0 Å². The molecule has 2 heterocycles. The fourth-order valence-corrected chi connectivity index (χ4v) is 2.68. The van der Waals surface area contributed by atoms with Crippen LogP contribution in [0.4, 0.5) is 0 Å². The first kappa shape index (κ1) is 15.1. The fraction of sp³-hybridized carbons (Fsp3) is 0.750. The summed E-state index contributed by atoms with van der Waals surface area (Å²) >= 11 is 1.32. The summed E-state index contributed by atoms with van der Waals surface area (Å²) in [5.74, 6) is 7.09. The normalized spacial score (nSPS) is 16.4. The zero-order chi connectivity index (χ0) is 14.8. The lowest BCUT2D eigenvalue weighted by molar-refractivity contribution is -0.132. The summed E-state index contributed by atoms with van der Waals surface area (Å²) in [7, 11) is 0. The van der Waals surface area contributed by atoms with Crippen molar-refractivity contribution >= 4 is 17.7 Å². The van der Waals surface area contributed by atoms with Crippen LogP contribution < -0.4 is 5.84 Å². The van der Waals surface area contributed by atoms with Crippen LogP contribution in [0.25, 0.3) is 0 Å². The summed E-state index contributed by atoms with van der Waals surface area (Å²) in [4.78, 5) is 13.8. The number of thioether (sulfide) groups is 1. The highest BCUT2D eigenvalue weighted by Gasteiger charge is 2.24. The number of morpholine rings is 1. The van der Waals surface area contributed by atoms with Gasteiger partial charge in [0.25, 0.3) is 0 Å². The number of carbonyl (C=O) groups is 1. The van der Waals surface area contributed by atoms with Gasteiger partial charge in [-0.1, -0.05) is 32.5 Å². The Morgan fingerprint density at radius 1 is 1.35 bits per heavy atom. The Bertz CT molecular complexity index is 477. The van der Waals surface area contributed by atoms with Crippen molar-refractivity contribution in [2.45, 2.75) is 31.3 Å². The second-order valence-corrected chi connectivity index (χ2v) is 6.65. The molecule has 0 radical (unpaired) electrons. The van der Waals surface area contributed by atoms with E-state index in [0.717, 1.165) is 0 Å². The van der Waals surface area contributed by atoms with Gasteiger partial charge in [-0.05, 0) is 0 Å². The molecule has 1 aromatic rings. The van der Waals surface area contributed by atoms with Gasteiger partial charge in [0.1, 0.15) is 0 Å². The van der Waals surface area contributed by atoms with Gasteiger partial charge in [0, 0.05) is 18.5 Å². The summed E-state index contributed by atoms with van der Waals surface area (Å²) in [6.45, 7) is 8.59. The van der Waals surface area contributed by atoms with Gasteiger partial charge < -0.3 is 15.5 Å². The molecule has 0 aromatic carbocycles. The molecule has 20 heavy (non-hydrogen) atoms. The first-order chi connectivity index (χ1) is 9.39. The molecule has 0 atom stereocenters. The zero-order valence-corrected chi connectivity index (χ0v) is 12.9. The van der Waals surface area contributed by atoms with E-state index in [9.17, 15) is 4.79 Å². The van der Waals surface area contributed by atoms with Crippen molar-refractivity contribution in [1.82, 2.24) is 19.8 Å². The van der Waals surface area contributed by atoms with Crippen molar-refractivity contribution in [2.24, 2.45) is 0 Å². The molecule has 112 valence electrons. The Morgan fingerprint density at radius 2 is 2.00 bits per heavy atom. The highest BCUT2D eigenvalue weighted by atomic mass is 32.2. The Morgan fingerprint density at radius 3 is 2.55 bits per heavy atom. The average Bonchev–Trinajstić information content (AvgIpc) is 2.78. The number of nitrogens with zero attached hydrogens (tertiary/aromatic N) is 4. The van der Waals surface area contributed by atoms with E-state index in [2.05, 4.69) is 10.2 Å². The van der Waals surface area contributed by atoms with Crippen molar-refractivity contribution < 1.29 is 9.53 Å². The average molecular weight is 299 g/mol. The molecule has 2 rings (SSSR count). The molecular weight excluding hydrogens is 278 g/mol. The number of hydrogen-bond acceptors (Lipinski definition) is 6. The predicted molar refractivity (Wildman–Crippen MR) is 77.0 cm³/mol. The van der Waals surface area contributed by atoms with Crippen molar-refractivity contribution in [2.75, 3.05) is 37.9 Å². The smallest absolute Gasteiger partial charge is 0.233 e. The van der Waals surface area contributed by atoms with Gasteiger partial charge in [-0.2, -0.15) is 0 Å². The van der Waals surface area contributed by atoms with Crippen molar-refractivity contribution in [3.05, 3.63) is 5.82 Å². The van der Waals surface area contributed by atoms with Gasteiger partial charge in [0.15, 0.2) is 5.82 Å². The van der Waals surface area contributed by atoms with Crippen molar-refractivity contribution in [3.8, 4) is 0 Å². The number of ether oxygens (including phenoxy) is 1. The minimum Gasteiger partial charge on any atom is -0.378 e. The molecule has 1 aromatic heterocycles. The Kier molecular flexibility index (Phi) is 4.54. The minimum absolute atomic E-state index is 0.0820. The van der Waals surface area contributed by atoms with Crippen LogP contribution in [0.1, 0.15) is 26.6 Å². The highest BCUT2D eigenvalue weighted by Crippen LogP contribution is 2.23. The zero-order valence-electron chi connectivity index (χ0n) is 12.1. The van der Waals surface area contributed by atoms with Crippen LogP contribution in [0.3, 0.4) is 0 Å². The maximum atomic E-state index is 12.0. The number of nitrogens with two attached hydrogens (primary N) is 1. The van der Waals surface area contributed by atoms with Gasteiger partial charge in [0.2, 0.25) is 11.1 Å². The molecule has 0 aliphatic carbocycles. The lowest BCUT2D eigenvalue weighted by atomic mass is 9.96. The maximum absolute atomic E-state index is 12.0. The lowest BCUT2D eigenvalue weighted by Gasteiger charge is -2.26. The third-order valence-electron chi connectivity index (χ3n) is 3.02. The topological polar surface area (TPSA) is 86.3 Å². The van der Waals surface area contributed by atoms with Gasteiger partial charge >= 0.3 is 0 Å². The summed E-state index contributed by atoms with van der Waals surface area (Å²) < 4.78 is 6.69. The number of nitrogen functional groups attached to an aromatic ring is 1. The minimum atomic E-state index is -0.172. The van der Waals surface area contributed by atoms with E-state index in [1.54, 1.807) is 4.90 Å². The molecule has 0 saturated carbocycles. The molecule has 2 N–H and O–H groups in total. The van der Waals surface area contributed by atoms with Crippen molar-refractivity contribution in [3.63, 3.8) is 0 Å². The maximum Gasteiger partial charge on any atom is 0.233 e. The van der Waals surface area contributed by atoms with Gasteiger partial charge in [-0.15, -0.1) is 10.2 Å². The molecule has 1 fully saturated rings. The summed E-state index contributed by atoms with van der Waals surface area (Å²) in [5.41, 5.74) is -0.172. The van der Waals surface area contributed by atoms with Crippen LogP contribution in [-0.2, 0) is 14.9 Å². The molecule has 1 aliphatic heterocycles. The molecule has 7 nitrogen and oxygen atoms in total. The second kappa shape index (κ2) is 6.01. The summed E-state index contributed by atoms with van der Waals surface area (Å²) in [6, 6.07) is 0. The number of rotatable bonds is 3. The van der Waals surface area contributed by atoms with Crippen molar-refractivity contribution in [1.29, 1.82) is 0 Å². The molecule has 0 spiro atoms. The molecule has 1 aliphatic rings. The Balaban J connectivity index is 1.94. The third kappa shape index (κ3) is 3.43. The van der Waals surface area contributed by atoms with Gasteiger partial charge in [-0.3, -0.25) is 4.79 Å². The van der Waals surface area contributed by atoms with Crippen LogP contribution >= 0.6 is 11.8 Å². The molecular formula is C12H21N5O2S. The number of carbonyl (C=O) groups excluding carboxylic acids is 1. The molecule has 1 amide bonds. The Hall–Kier alpha value is -1.28. The molecule has 0 bridgehead atoms. The molecule has 0 unspecified atom stereocenters. The predicted octanol–water partition coefficient (Wildman–Crippen LogP) is 0.240. The SMILES string of the molecule is CC(C)(C)c1nnc(SCC(=O)N2CCOCC2)n1N. The quantitative estimate of drug-likeness (QED) is 0.635. The fourth-order valence-electron chi connectivity index (χ4n) is 1.92. The van der Waals surface area contributed by atoms with E-state index in [4.69, 9.17) is 10.6 Å². The number of hydrogen-bond donors (Lipinski definition) is 1. The highest BCUT2D eigenvalue weighted by molar-refractivity contribution is 7.99. The summed E-state index contributed by atoms with van der Waals surface area (Å²) in [5, 5.41) is 8.72. The summed E-state index contributed by atoms with van der Waals surface area (Å²) in [6.07, 6.45) is 0. The van der Waals surface area contributed by atoms with Gasteiger partial charge in [-0.25, -0.2) is 4.68 Å². The standard InChI is InChI=1S/C12H21N5O2S/c1-12(2,3)10-14-15-11(17(10)13)20-8-9(18)16-4-6-19-7-5-16/h4-8,13H2,1-3H3. The van der Waals surface area contributed by atoms with Crippen LogP contribution in [0, 0.1) is 0 Å². The van der Waals surface area contributed by atoms with E-state index >= 15 is 0 Å². The molecule has 8 heteroatoms. The largest absolute Gasteiger partial charge is 0.378 e.